The normalized spacial score (nSPS) is 14.6. The number of hydrogen-bond acceptors (Lipinski definition) is 6. The number of hydrazine groups is 1. The van der Waals surface area contributed by atoms with E-state index in [9.17, 15) is 4.79 Å². The van der Waals surface area contributed by atoms with Crippen LogP contribution >= 0.6 is 36.8 Å². The van der Waals surface area contributed by atoms with Gasteiger partial charge < -0.3 is 11.5 Å². The third kappa shape index (κ3) is 4.28. The van der Waals surface area contributed by atoms with Crippen molar-refractivity contribution in [2.24, 2.45) is 0 Å². The fourth-order valence-electron chi connectivity index (χ4n) is 1.90. The average molecular weight is 351 g/mol. The Bertz CT molecular complexity index is 551. The molecule has 8 heteroatoms. The second-order valence-corrected chi connectivity index (χ2v) is 5.34. The Morgan fingerprint density at radius 2 is 2.00 bits per heavy atom. The summed E-state index contributed by atoms with van der Waals surface area (Å²) in [5, 5.41) is 0. The Hall–Kier alpha value is -0.920. The van der Waals surface area contributed by atoms with Gasteiger partial charge in [-0.25, -0.2) is 5.43 Å². The van der Waals surface area contributed by atoms with E-state index < -0.39 is 0 Å². The minimum absolute atomic E-state index is 0. The van der Waals surface area contributed by atoms with E-state index in [2.05, 4.69) is 12.3 Å². The molecule has 2 rings (SSSR count). The number of benzene rings is 1. The fraction of sp³-hybridized carbons (Fsp3) is 0.308. The van der Waals surface area contributed by atoms with Crippen LogP contribution < -0.4 is 16.9 Å². The number of nitrogen functional groups attached to an aromatic ring is 2. The Balaban J connectivity index is 0.00000200. The minimum atomic E-state index is 0. The molecule has 0 unspecified atom stereocenters. The van der Waals surface area contributed by atoms with Crippen LogP contribution in [0.4, 0.5) is 11.4 Å². The number of Topliss-reactive ketones (excluding diaryl/α,β-unsaturated/α-hetero) is 1. The molecule has 21 heavy (non-hydrogen) atoms. The lowest BCUT2D eigenvalue weighted by Gasteiger charge is -2.11. The van der Waals surface area contributed by atoms with Crippen LogP contribution in [0.1, 0.15) is 23.7 Å². The molecule has 1 aliphatic heterocycles. The van der Waals surface area contributed by atoms with Gasteiger partial charge in [0.25, 0.3) is 0 Å². The second kappa shape index (κ2) is 8.51. The van der Waals surface area contributed by atoms with Crippen molar-refractivity contribution >= 4 is 53.9 Å². The van der Waals surface area contributed by atoms with Crippen molar-refractivity contribution in [2.75, 3.05) is 25.1 Å². The molecule has 1 aromatic rings. The number of allylic oxidation sites excluding steroid dienone is 1. The highest BCUT2D eigenvalue weighted by Crippen LogP contribution is 2.35. The summed E-state index contributed by atoms with van der Waals surface area (Å²) in [6.07, 6.45) is 0.858. The Morgan fingerprint density at radius 1 is 1.33 bits per heavy atom. The standard InChI is InChI=1S/C13H18N4OS.2ClH/c1-3-8-7-17(16-2)19-13(8)12(18)9-4-5-10(14)11(15)6-9;;/h4-6,16H,3,7,14-15H2,1-2H3;2*1H. The van der Waals surface area contributed by atoms with Crippen molar-refractivity contribution in [3.8, 4) is 0 Å². The van der Waals surface area contributed by atoms with Crippen molar-refractivity contribution in [2.45, 2.75) is 13.3 Å². The summed E-state index contributed by atoms with van der Waals surface area (Å²) in [7, 11) is 1.84. The number of hydrogen-bond donors (Lipinski definition) is 3. The van der Waals surface area contributed by atoms with Gasteiger partial charge in [-0.05, 0) is 49.2 Å². The molecule has 0 saturated heterocycles. The Labute approximate surface area is 141 Å². The highest BCUT2D eigenvalue weighted by Gasteiger charge is 2.27. The van der Waals surface area contributed by atoms with Crippen LogP contribution in [0, 0.1) is 0 Å². The predicted molar refractivity (Wildman–Crippen MR) is 94.8 cm³/mol. The predicted octanol–water partition coefficient (Wildman–Crippen LogP) is 2.64. The maximum Gasteiger partial charge on any atom is 0.200 e. The third-order valence-corrected chi connectivity index (χ3v) is 4.28. The number of carbonyl (C=O) groups is 1. The molecule has 0 fully saturated rings. The molecule has 1 aliphatic rings. The largest absolute Gasteiger partial charge is 0.397 e. The van der Waals surface area contributed by atoms with Gasteiger partial charge in [0.2, 0.25) is 5.78 Å². The van der Waals surface area contributed by atoms with E-state index in [-0.39, 0.29) is 30.6 Å². The van der Waals surface area contributed by atoms with Crippen LogP contribution in [0.15, 0.2) is 28.7 Å². The topological polar surface area (TPSA) is 84.4 Å². The maximum absolute atomic E-state index is 12.5. The zero-order valence-corrected chi connectivity index (χ0v) is 14.3. The van der Waals surface area contributed by atoms with Gasteiger partial charge in [0.05, 0.1) is 16.3 Å². The van der Waals surface area contributed by atoms with Crippen LogP contribution in [0.25, 0.3) is 0 Å². The molecular formula is C13H20Cl2N4OS. The van der Waals surface area contributed by atoms with Crippen molar-refractivity contribution in [3.05, 3.63) is 34.2 Å². The quantitative estimate of drug-likeness (QED) is 0.439. The summed E-state index contributed by atoms with van der Waals surface area (Å²) in [5.41, 5.74) is 17.1. The summed E-state index contributed by atoms with van der Waals surface area (Å²) in [6.45, 7) is 2.81. The van der Waals surface area contributed by atoms with E-state index in [0.717, 1.165) is 23.4 Å². The molecule has 5 N–H and O–H groups in total. The molecule has 0 radical (unpaired) electrons. The first-order valence-corrected chi connectivity index (χ1v) is 6.88. The van der Waals surface area contributed by atoms with Crippen molar-refractivity contribution < 1.29 is 4.79 Å². The molecule has 118 valence electrons. The van der Waals surface area contributed by atoms with Gasteiger partial charge >= 0.3 is 0 Å². The first-order chi connectivity index (χ1) is 9.06. The minimum Gasteiger partial charge on any atom is -0.397 e. The van der Waals surface area contributed by atoms with Gasteiger partial charge in [0.15, 0.2) is 0 Å². The van der Waals surface area contributed by atoms with Crippen LogP contribution in [0.3, 0.4) is 0 Å². The summed E-state index contributed by atoms with van der Waals surface area (Å²) < 4.78 is 1.94. The van der Waals surface area contributed by atoms with E-state index in [4.69, 9.17) is 11.5 Å². The molecule has 0 amide bonds. The van der Waals surface area contributed by atoms with Crippen LogP contribution in [-0.2, 0) is 0 Å². The van der Waals surface area contributed by atoms with Gasteiger partial charge in [0.1, 0.15) is 0 Å². The zero-order valence-electron chi connectivity index (χ0n) is 11.9. The van der Waals surface area contributed by atoms with Crippen LogP contribution in [0.2, 0.25) is 0 Å². The molecular weight excluding hydrogens is 331 g/mol. The number of ketones is 1. The van der Waals surface area contributed by atoms with E-state index in [1.54, 1.807) is 18.2 Å². The number of halogens is 2. The molecule has 1 heterocycles. The van der Waals surface area contributed by atoms with E-state index >= 15 is 0 Å². The van der Waals surface area contributed by atoms with Gasteiger partial charge in [0, 0.05) is 12.1 Å². The van der Waals surface area contributed by atoms with Crippen molar-refractivity contribution in [1.29, 1.82) is 0 Å². The second-order valence-electron chi connectivity index (χ2n) is 4.31. The molecule has 0 atom stereocenters. The fourth-order valence-corrected chi connectivity index (χ4v) is 2.97. The molecule has 0 aromatic heterocycles. The van der Waals surface area contributed by atoms with Gasteiger partial charge in [-0.2, -0.15) is 4.41 Å². The molecule has 0 saturated carbocycles. The molecule has 0 aliphatic carbocycles. The average Bonchev–Trinajstić information content (AvgIpc) is 2.84. The molecule has 1 aromatic carbocycles. The molecule has 0 bridgehead atoms. The monoisotopic (exact) mass is 350 g/mol. The highest BCUT2D eigenvalue weighted by molar-refractivity contribution is 8.02. The number of carbonyl (C=O) groups excluding carboxylic acids is 1. The Morgan fingerprint density at radius 3 is 2.52 bits per heavy atom. The number of nitrogens with two attached hydrogens (primary N) is 2. The van der Waals surface area contributed by atoms with Gasteiger partial charge in [-0.3, -0.25) is 4.79 Å². The van der Waals surface area contributed by atoms with Gasteiger partial charge in [-0.1, -0.05) is 6.92 Å². The lowest BCUT2D eigenvalue weighted by molar-refractivity contribution is 0.104. The highest BCUT2D eigenvalue weighted by atomic mass is 35.5. The van der Waals surface area contributed by atoms with E-state index in [1.165, 1.54) is 11.9 Å². The summed E-state index contributed by atoms with van der Waals surface area (Å²) in [6, 6.07) is 5.03. The number of nitrogens with zero attached hydrogens (tertiary/aromatic N) is 1. The van der Waals surface area contributed by atoms with Gasteiger partial charge in [-0.15, -0.1) is 24.8 Å². The number of nitrogens with one attached hydrogen (secondary N) is 1. The summed E-state index contributed by atoms with van der Waals surface area (Å²) in [5.74, 6) is 0.00583. The SMILES string of the molecule is CCC1=C(C(=O)c2ccc(N)c(N)c2)SN(NC)C1.Cl.Cl. The molecule has 0 spiro atoms. The zero-order chi connectivity index (χ0) is 14.0. The third-order valence-electron chi connectivity index (χ3n) is 3.09. The smallest absolute Gasteiger partial charge is 0.200 e. The number of anilines is 2. The summed E-state index contributed by atoms with van der Waals surface area (Å²) in [4.78, 5) is 13.3. The lowest BCUT2D eigenvalue weighted by atomic mass is 10.0. The Kier molecular flexibility index (Phi) is 8.13. The van der Waals surface area contributed by atoms with Crippen LogP contribution in [0.5, 0.6) is 0 Å². The summed E-state index contributed by atoms with van der Waals surface area (Å²) >= 11 is 1.44. The first-order valence-electron chi connectivity index (χ1n) is 6.11. The molecule has 5 nitrogen and oxygen atoms in total. The lowest BCUT2D eigenvalue weighted by Crippen LogP contribution is -2.26. The van der Waals surface area contributed by atoms with Crippen molar-refractivity contribution in [3.63, 3.8) is 0 Å². The number of rotatable bonds is 4. The van der Waals surface area contributed by atoms with Crippen LogP contribution in [-0.4, -0.2) is 23.8 Å². The first kappa shape index (κ1) is 20.1. The maximum atomic E-state index is 12.5. The van der Waals surface area contributed by atoms with E-state index in [1.807, 2.05) is 11.5 Å². The van der Waals surface area contributed by atoms with Crippen molar-refractivity contribution in [1.82, 2.24) is 9.84 Å². The van der Waals surface area contributed by atoms with E-state index in [0.29, 0.717) is 16.9 Å².